The molecule has 3 nitrogen and oxygen atoms in total. The van der Waals surface area contributed by atoms with Crippen LogP contribution < -0.4 is 5.56 Å². The van der Waals surface area contributed by atoms with Gasteiger partial charge in [0.15, 0.2) is 0 Å². The summed E-state index contributed by atoms with van der Waals surface area (Å²) < 4.78 is 1.81. The van der Waals surface area contributed by atoms with Crippen molar-refractivity contribution in [1.29, 1.82) is 0 Å². The molecule has 4 rings (SSSR count). The van der Waals surface area contributed by atoms with Crippen LogP contribution in [-0.4, -0.2) is 9.55 Å². The summed E-state index contributed by atoms with van der Waals surface area (Å²) in [7, 11) is 0. The third-order valence-corrected chi connectivity index (χ3v) is 4.41. The van der Waals surface area contributed by atoms with Crippen molar-refractivity contribution in [1.82, 2.24) is 9.55 Å². The van der Waals surface area contributed by atoms with Gasteiger partial charge in [-0.25, -0.2) is 0 Å². The molecule has 0 spiro atoms. The molecule has 0 amide bonds. The van der Waals surface area contributed by atoms with Gasteiger partial charge in [0.2, 0.25) is 0 Å². The third kappa shape index (κ3) is 2.21. The molecule has 0 unspecified atom stereocenters. The third-order valence-electron chi connectivity index (χ3n) is 4.41. The van der Waals surface area contributed by atoms with E-state index >= 15 is 0 Å². The van der Waals surface area contributed by atoms with Gasteiger partial charge in [0.1, 0.15) is 0 Å². The Morgan fingerprint density at radius 2 is 1.67 bits per heavy atom. The normalized spacial score (nSPS) is 11.5. The molecular formula is C21H18N2O. The summed E-state index contributed by atoms with van der Waals surface area (Å²) >= 11 is 0. The number of nitrogens with zero attached hydrogens (tertiary/aromatic N) is 2. The molecule has 0 aliphatic rings. The Morgan fingerprint density at radius 3 is 2.50 bits per heavy atom. The minimum atomic E-state index is 0.0295. The van der Waals surface area contributed by atoms with Crippen LogP contribution in [0.25, 0.3) is 27.5 Å². The summed E-state index contributed by atoms with van der Waals surface area (Å²) in [5.74, 6) is 0.163. The Bertz CT molecular complexity index is 1100. The Balaban J connectivity index is 2.20. The van der Waals surface area contributed by atoms with Gasteiger partial charge in [-0.2, -0.15) is 0 Å². The summed E-state index contributed by atoms with van der Waals surface area (Å²) in [6.45, 7) is 4.11. The zero-order chi connectivity index (χ0) is 16.7. The number of pyridine rings is 2. The highest BCUT2D eigenvalue weighted by atomic mass is 16.1. The summed E-state index contributed by atoms with van der Waals surface area (Å²) in [4.78, 5) is 17.7. The highest BCUT2D eigenvalue weighted by Gasteiger charge is 2.15. The fourth-order valence-electron chi connectivity index (χ4n) is 3.20. The number of hydrogen-bond donors (Lipinski definition) is 0. The van der Waals surface area contributed by atoms with Crippen molar-refractivity contribution in [2.45, 2.75) is 19.8 Å². The first kappa shape index (κ1) is 14.6. The number of hydrogen-bond acceptors (Lipinski definition) is 2. The van der Waals surface area contributed by atoms with E-state index in [1.807, 2.05) is 54.6 Å². The molecule has 4 aromatic rings. The van der Waals surface area contributed by atoms with E-state index in [9.17, 15) is 4.79 Å². The van der Waals surface area contributed by atoms with Crippen LogP contribution in [0.3, 0.4) is 0 Å². The number of benzene rings is 2. The van der Waals surface area contributed by atoms with Crippen molar-refractivity contribution >= 4 is 21.8 Å². The van der Waals surface area contributed by atoms with Crippen molar-refractivity contribution in [2.24, 2.45) is 0 Å². The largest absolute Gasteiger partial charge is 0.274 e. The Morgan fingerprint density at radius 1 is 0.917 bits per heavy atom. The average Bonchev–Trinajstić information content (AvgIpc) is 2.61. The van der Waals surface area contributed by atoms with Gasteiger partial charge < -0.3 is 0 Å². The predicted molar refractivity (Wildman–Crippen MR) is 98.9 cm³/mol. The summed E-state index contributed by atoms with van der Waals surface area (Å²) in [5, 5.41) is 2.09. The Labute approximate surface area is 140 Å². The summed E-state index contributed by atoms with van der Waals surface area (Å²) in [6, 6.07) is 19.9. The molecule has 0 N–H and O–H groups in total. The minimum Gasteiger partial charge on any atom is -0.274 e. The molecule has 0 fully saturated rings. The van der Waals surface area contributed by atoms with E-state index in [0.29, 0.717) is 0 Å². The van der Waals surface area contributed by atoms with Gasteiger partial charge in [-0.05, 0) is 35.6 Å². The van der Waals surface area contributed by atoms with E-state index in [2.05, 4.69) is 24.9 Å². The first-order valence-corrected chi connectivity index (χ1v) is 8.15. The SMILES string of the molecule is CC(C)c1cc2ccccc2n(-c2cccc3cccnc23)c1=O. The molecule has 0 atom stereocenters. The van der Waals surface area contributed by atoms with E-state index in [-0.39, 0.29) is 11.5 Å². The predicted octanol–water partition coefficient (Wildman–Crippen LogP) is 4.66. The molecule has 24 heavy (non-hydrogen) atoms. The zero-order valence-electron chi connectivity index (χ0n) is 13.7. The van der Waals surface area contributed by atoms with Crippen LogP contribution in [0, 0.1) is 0 Å². The molecule has 0 aliphatic heterocycles. The van der Waals surface area contributed by atoms with Crippen molar-refractivity contribution in [3.63, 3.8) is 0 Å². The minimum absolute atomic E-state index is 0.0295. The van der Waals surface area contributed by atoms with Crippen LogP contribution in [0.4, 0.5) is 0 Å². The standard InChI is InChI=1S/C21H18N2O/c1-14(2)17-13-16-7-3-4-10-18(16)23(21(17)24)19-11-5-8-15-9-6-12-22-20(15)19/h3-14H,1-2H3. The number of fused-ring (bicyclic) bond motifs is 2. The van der Waals surface area contributed by atoms with E-state index in [1.54, 1.807) is 10.8 Å². The fourth-order valence-corrected chi connectivity index (χ4v) is 3.20. The molecule has 0 aliphatic carbocycles. The smallest absolute Gasteiger partial charge is 0.259 e. The van der Waals surface area contributed by atoms with Crippen molar-refractivity contribution in [3.8, 4) is 5.69 Å². The van der Waals surface area contributed by atoms with Crippen LogP contribution >= 0.6 is 0 Å². The van der Waals surface area contributed by atoms with E-state index in [1.165, 1.54) is 0 Å². The summed E-state index contributed by atoms with van der Waals surface area (Å²) in [6.07, 6.45) is 1.77. The molecular weight excluding hydrogens is 296 g/mol. The van der Waals surface area contributed by atoms with E-state index in [4.69, 9.17) is 0 Å². The van der Waals surface area contributed by atoms with Gasteiger partial charge >= 0.3 is 0 Å². The number of rotatable bonds is 2. The van der Waals surface area contributed by atoms with Crippen LogP contribution in [0.1, 0.15) is 25.3 Å². The second kappa shape index (κ2) is 5.60. The van der Waals surface area contributed by atoms with Gasteiger partial charge in [0.05, 0.1) is 16.7 Å². The maximum Gasteiger partial charge on any atom is 0.259 e. The molecule has 2 heterocycles. The molecule has 0 saturated heterocycles. The van der Waals surface area contributed by atoms with Crippen LogP contribution in [0.2, 0.25) is 0 Å². The maximum absolute atomic E-state index is 13.2. The zero-order valence-corrected chi connectivity index (χ0v) is 13.7. The van der Waals surface area contributed by atoms with Gasteiger partial charge in [-0.1, -0.05) is 50.2 Å². The second-order valence-corrected chi connectivity index (χ2v) is 6.31. The number of aromatic nitrogens is 2. The average molecular weight is 314 g/mol. The monoisotopic (exact) mass is 314 g/mol. The highest BCUT2D eigenvalue weighted by molar-refractivity contribution is 5.89. The van der Waals surface area contributed by atoms with E-state index in [0.717, 1.165) is 33.1 Å². The fraction of sp³-hybridized carbons (Fsp3) is 0.143. The van der Waals surface area contributed by atoms with Crippen molar-refractivity contribution < 1.29 is 0 Å². The lowest BCUT2D eigenvalue weighted by molar-refractivity contribution is 0.832. The number of para-hydroxylation sites is 2. The van der Waals surface area contributed by atoms with Crippen molar-refractivity contribution in [3.05, 3.63) is 82.8 Å². The molecule has 2 aromatic carbocycles. The van der Waals surface area contributed by atoms with Gasteiger partial charge in [-0.3, -0.25) is 14.3 Å². The van der Waals surface area contributed by atoms with Gasteiger partial charge in [-0.15, -0.1) is 0 Å². The topological polar surface area (TPSA) is 34.9 Å². The maximum atomic E-state index is 13.2. The molecule has 118 valence electrons. The van der Waals surface area contributed by atoms with Gasteiger partial charge in [0.25, 0.3) is 5.56 Å². The van der Waals surface area contributed by atoms with Crippen molar-refractivity contribution in [2.75, 3.05) is 0 Å². The lowest BCUT2D eigenvalue weighted by atomic mass is 10.0. The van der Waals surface area contributed by atoms with Crippen LogP contribution in [-0.2, 0) is 0 Å². The van der Waals surface area contributed by atoms with Gasteiger partial charge in [0, 0.05) is 17.1 Å². The first-order chi connectivity index (χ1) is 11.7. The molecule has 0 saturated carbocycles. The molecule has 0 radical (unpaired) electrons. The van der Waals surface area contributed by atoms with Crippen LogP contribution in [0.5, 0.6) is 0 Å². The molecule has 3 heteroatoms. The first-order valence-electron chi connectivity index (χ1n) is 8.15. The molecule has 2 aromatic heterocycles. The van der Waals surface area contributed by atoms with E-state index < -0.39 is 0 Å². The Hall–Kier alpha value is -2.94. The molecule has 0 bridgehead atoms. The second-order valence-electron chi connectivity index (χ2n) is 6.31. The lowest BCUT2D eigenvalue weighted by Crippen LogP contribution is -2.23. The highest BCUT2D eigenvalue weighted by Crippen LogP contribution is 2.25. The quantitative estimate of drug-likeness (QED) is 0.539. The van der Waals surface area contributed by atoms with Crippen LogP contribution in [0.15, 0.2) is 71.7 Å². The Kier molecular flexibility index (Phi) is 3.42. The lowest BCUT2D eigenvalue weighted by Gasteiger charge is -2.16. The summed E-state index contributed by atoms with van der Waals surface area (Å²) in [5.41, 5.74) is 3.43.